The minimum absolute atomic E-state index is 0.264. The maximum absolute atomic E-state index is 9.07. The summed E-state index contributed by atoms with van der Waals surface area (Å²) >= 11 is 5.01. The van der Waals surface area contributed by atoms with Crippen LogP contribution in [0.3, 0.4) is 0 Å². The third kappa shape index (κ3) is 1.83. The molecule has 0 saturated carbocycles. The molecule has 1 aliphatic rings. The first-order valence-electron chi connectivity index (χ1n) is 4.74. The number of nitrogens with zero attached hydrogens (tertiary/aromatic N) is 1. The van der Waals surface area contributed by atoms with Gasteiger partial charge in [-0.2, -0.15) is 5.26 Å². The second kappa shape index (κ2) is 4.21. The summed E-state index contributed by atoms with van der Waals surface area (Å²) in [4.78, 5) is 0. The van der Waals surface area contributed by atoms with Gasteiger partial charge in [-0.15, -0.1) is 0 Å². The second-order valence-electron chi connectivity index (χ2n) is 3.38. The minimum atomic E-state index is -0.264. The molecule has 80 valence electrons. The van der Waals surface area contributed by atoms with Gasteiger partial charge in [-0.25, -0.2) is 0 Å². The summed E-state index contributed by atoms with van der Waals surface area (Å²) in [5.41, 5.74) is 7.15. The van der Waals surface area contributed by atoms with Crippen molar-refractivity contribution in [2.24, 2.45) is 5.73 Å². The molecular formula is C11H10N4S. The molecule has 4 nitrogen and oxygen atoms in total. The molecule has 1 aromatic rings. The Kier molecular flexibility index (Phi) is 2.75. The van der Waals surface area contributed by atoms with Crippen LogP contribution < -0.4 is 16.4 Å². The largest absolute Gasteiger partial charge is 0.384 e. The molecule has 4 N–H and O–H groups in total. The molecule has 0 aromatic heterocycles. The highest BCUT2D eigenvalue weighted by atomic mass is 32.1. The summed E-state index contributed by atoms with van der Waals surface area (Å²) in [6, 6.07) is 11.4. The quantitative estimate of drug-likeness (QED) is 0.625. The van der Waals surface area contributed by atoms with Gasteiger partial charge in [0.1, 0.15) is 11.9 Å². The van der Waals surface area contributed by atoms with Crippen molar-refractivity contribution < 1.29 is 0 Å². The molecular weight excluding hydrogens is 220 g/mol. The number of hydrogen-bond donors (Lipinski definition) is 3. The van der Waals surface area contributed by atoms with Gasteiger partial charge in [0.25, 0.3) is 0 Å². The Hall–Kier alpha value is -2.06. The molecule has 1 aliphatic heterocycles. The maximum atomic E-state index is 9.07. The van der Waals surface area contributed by atoms with Crippen molar-refractivity contribution in [3.63, 3.8) is 0 Å². The Morgan fingerprint density at radius 1 is 1.31 bits per heavy atom. The second-order valence-corrected chi connectivity index (χ2v) is 3.79. The summed E-state index contributed by atoms with van der Waals surface area (Å²) < 4.78 is 0. The lowest BCUT2D eigenvalue weighted by Gasteiger charge is -2.27. The van der Waals surface area contributed by atoms with Crippen molar-refractivity contribution in [1.29, 1.82) is 5.26 Å². The van der Waals surface area contributed by atoms with Crippen molar-refractivity contribution in [2.75, 3.05) is 0 Å². The Morgan fingerprint density at radius 2 is 2.00 bits per heavy atom. The van der Waals surface area contributed by atoms with Gasteiger partial charge in [0, 0.05) is 0 Å². The van der Waals surface area contributed by atoms with Gasteiger partial charge in [-0.3, -0.25) is 0 Å². The van der Waals surface area contributed by atoms with Gasteiger partial charge in [-0.05, 0) is 17.8 Å². The monoisotopic (exact) mass is 230 g/mol. The third-order valence-corrected chi connectivity index (χ3v) is 2.58. The number of rotatable bonds is 1. The van der Waals surface area contributed by atoms with Crippen LogP contribution in [0, 0.1) is 11.3 Å². The summed E-state index contributed by atoms with van der Waals surface area (Å²) in [6.45, 7) is 0. The topological polar surface area (TPSA) is 73.9 Å². The summed E-state index contributed by atoms with van der Waals surface area (Å²) in [7, 11) is 0. The first-order valence-corrected chi connectivity index (χ1v) is 5.15. The molecule has 5 heteroatoms. The number of thiocarbonyl (C=S) groups is 1. The Bertz CT molecular complexity index is 486. The summed E-state index contributed by atoms with van der Waals surface area (Å²) in [5, 5.41) is 15.3. The van der Waals surface area contributed by atoms with Crippen LogP contribution in [0.2, 0.25) is 0 Å². The average molecular weight is 230 g/mol. The molecule has 0 bridgehead atoms. The zero-order valence-corrected chi connectivity index (χ0v) is 9.21. The first-order chi connectivity index (χ1) is 7.72. The molecule has 1 heterocycles. The average Bonchev–Trinajstić information content (AvgIpc) is 2.29. The van der Waals surface area contributed by atoms with Crippen molar-refractivity contribution in [1.82, 2.24) is 10.6 Å². The summed E-state index contributed by atoms with van der Waals surface area (Å²) in [6.07, 6.45) is 0. The van der Waals surface area contributed by atoms with E-state index in [0.717, 1.165) is 5.56 Å². The predicted octanol–water partition coefficient (Wildman–Crippen LogP) is 0.899. The van der Waals surface area contributed by atoms with Crippen LogP contribution in [0.15, 0.2) is 41.7 Å². The van der Waals surface area contributed by atoms with Crippen LogP contribution in [0.1, 0.15) is 11.6 Å². The van der Waals surface area contributed by atoms with Gasteiger partial charge >= 0.3 is 0 Å². The molecule has 16 heavy (non-hydrogen) atoms. The summed E-state index contributed by atoms with van der Waals surface area (Å²) in [5.74, 6) is 0.320. The van der Waals surface area contributed by atoms with E-state index in [1.54, 1.807) is 0 Å². The van der Waals surface area contributed by atoms with Gasteiger partial charge in [0.2, 0.25) is 0 Å². The molecule has 0 fully saturated rings. The van der Waals surface area contributed by atoms with E-state index in [0.29, 0.717) is 16.5 Å². The van der Waals surface area contributed by atoms with E-state index in [1.165, 1.54) is 0 Å². The van der Waals surface area contributed by atoms with Crippen LogP contribution in [-0.4, -0.2) is 5.11 Å². The number of hydrogen-bond acceptors (Lipinski definition) is 3. The molecule has 0 spiro atoms. The number of benzene rings is 1. The minimum Gasteiger partial charge on any atom is -0.384 e. The van der Waals surface area contributed by atoms with Crippen molar-refractivity contribution >= 4 is 17.3 Å². The zero-order chi connectivity index (χ0) is 11.5. The fraction of sp³-hybridized carbons (Fsp3) is 0.0909. The Morgan fingerprint density at radius 3 is 2.62 bits per heavy atom. The number of nitrogens with two attached hydrogens (primary N) is 1. The van der Waals surface area contributed by atoms with E-state index < -0.39 is 0 Å². The third-order valence-electron chi connectivity index (χ3n) is 2.36. The molecule has 0 aliphatic carbocycles. The lowest BCUT2D eigenvalue weighted by molar-refractivity contribution is 0.706. The smallest absolute Gasteiger partial charge is 0.172 e. The maximum Gasteiger partial charge on any atom is 0.172 e. The highest BCUT2D eigenvalue weighted by Gasteiger charge is 2.24. The van der Waals surface area contributed by atoms with Crippen LogP contribution in [0.4, 0.5) is 0 Å². The molecule has 1 aromatic carbocycles. The van der Waals surface area contributed by atoms with Crippen molar-refractivity contribution in [2.45, 2.75) is 6.04 Å². The van der Waals surface area contributed by atoms with E-state index >= 15 is 0 Å². The Labute approximate surface area is 98.8 Å². The van der Waals surface area contributed by atoms with Crippen LogP contribution in [0.25, 0.3) is 0 Å². The molecule has 1 atom stereocenters. The lowest BCUT2D eigenvalue weighted by Crippen LogP contribution is -2.45. The van der Waals surface area contributed by atoms with Gasteiger partial charge in [-0.1, -0.05) is 30.3 Å². The van der Waals surface area contributed by atoms with E-state index in [9.17, 15) is 0 Å². The first kappa shape index (κ1) is 10.5. The predicted molar refractivity (Wildman–Crippen MR) is 64.9 cm³/mol. The number of nitrogens with one attached hydrogen (secondary N) is 2. The van der Waals surface area contributed by atoms with Crippen LogP contribution >= 0.6 is 12.2 Å². The van der Waals surface area contributed by atoms with Crippen molar-refractivity contribution in [3.8, 4) is 6.07 Å². The van der Waals surface area contributed by atoms with E-state index in [4.69, 9.17) is 23.2 Å². The van der Waals surface area contributed by atoms with Crippen molar-refractivity contribution in [3.05, 3.63) is 47.3 Å². The highest BCUT2D eigenvalue weighted by Crippen LogP contribution is 2.23. The van der Waals surface area contributed by atoms with Gasteiger partial charge < -0.3 is 16.4 Å². The standard InChI is InChI=1S/C11H10N4S/c12-6-8-9(7-4-2-1-3-5-7)14-11(16)15-10(8)13/h1-5,9H,13H2,(H2,14,15,16). The SMILES string of the molecule is N#CC1=C(N)NC(=S)NC1c1ccccc1. The van der Waals surface area contributed by atoms with Gasteiger partial charge in [0.05, 0.1) is 11.6 Å². The Balaban J connectivity index is 2.45. The molecule has 0 radical (unpaired) electrons. The zero-order valence-electron chi connectivity index (χ0n) is 8.40. The fourth-order valence-electron chi connectivity index (χ4n) is 1.60. The molecule has 2 rings (SSSR count). The van der Waals surface area contributed by atoms with E-state index in [2.05, 4.69) is 16.7 Å². The molecule has 0 saturated heterocycles. The van der Waals surface area contributed by atoms with Crippen LogP contribution in [-0.2, 0) is 0 Å². The number of nitriles is 1. The van der Waals surface area contributed by atoms with E-state index in [-0.39, 0.29) is 6.04 Å². The van der Waals surface area contributed by atoms with E-state index in [1.807, 2.05) is 30.3 Å². The lowest BCUT2D eigenvalue weighted by atomic mass is 9.98. The fourth-order valence-corrected chi connectivity index (χ4v) is 1.83. The van der Waals surface area contributed by atoms with Crippen LogP contribution in [0.5, 0.6) is 0 Å². The van der Waals surface area contributed by atoms with Gasteiger partial charge in [0.15, 0.2) is 5.11 Å². The highest BCUT2D eigenvalue weighted by molar-refractivity contribution is 7.80. The normalized spacial score (nSPS) is 19.7. The molecule has 0 amide bonds. The molecule has 1 unspecified atom stereocenters.